The van der Waals surface area contributed by atoms with Crippen LogP contribution in [-0.2, 0) is 17.8 Å². The van der Waals surface area contributed by atoms with Gasteiger partial charge < -0.3 is 24.7 Å². The fraction of sp³-hybridized carbons (Fsp3) is 0.152. The van der Waals surface area contributed by atoms with Crippen molar-refractivity contribution in [3.05, 3.63) is 131 Å². The van der Waals surface area contributed by atoms with Crippen LogP contribution >= 0.6 is 0 Å². The summed E-state index contributed by atoms with van der Waals surface area (Å²) in [7, 11) is 0. The van der Waals surface area contributed by atoms with Crippen molar-refractivity contribution in [1.29, 1.82) is 5.26 Å². The number of fused-ring (bicyclic) bond motifs is 1. The molecule has 0 spiro atoms. The molecular formula is C33H27FN2O5. The molecule has 8 heteroatoms. The molecule has 1 unspecified atom stereocenters. The number of esters is 1. The number of hydrogen-bond donors (Lipinski definition) is 1. The summed E-state index contributed by atoms with van der Waals surface area (Å²) < 4.78 is 36.4. The Balaban J connectivity index is 1.29. The Morgan fingerprint density at radius 2 is 1.63 bits per heavy atom. The van der Waals surface area contributed by atoms with Gasteiger partial charge in [-0.1, -0.05) is 55.5 Å². The summed E-state index contributed by atoms with van der Waals surface area (Å²) in [5.41, 5.74) is 9.45. The number of benzene rings is 4. The van der Waals surface area contributed by atoms with Crippen LogP contribution in [-0.4, -0.2) is 12.6 Å². The number of ether oxygens (including phenoxy) is 4. The minimum absolute atomic E-state index is 0.0350. The summed E-state index contributed by atoms with van der Waals surface area (Å²) in [4.78, 5) is 12.4. The normalized spacial score (nSPS) is 13.9. The second kappa shape index (κ2) is 12.3. The van der Waals surface area contributed by atoms with E-state index >= 15 is 0 Å². The zero-order chi connectivity index (χ0) is 28.8. The molecule has 4 aromatic carbocycles. The van der Waals surface area contributed by atoms with Gasteiger partial charge in [-0.05, 0) is 53.9 Å². The largest absolute Gasteiger partial charge is 0.489 e. The van der Waals surface area contributed by atoms with Crippen LogP contribution < -0.4 is 24.7 Å². The highest BCUT2D eigenvalue weighted by Gasteiger charge is 2.31. The number of nitrogens with two attached hydrogens (primary N) is 1. The van der Waals surface area contributed by atoms with Gasteiger partial charge in [0.05, 0.1) is 5.92 Å². The first-order valence-electron chi connectivity index (χ1n) is 13.0. The number of allylic oxidation sites excluding steroid dienone is 1. The highest BCUT2D eigenvalue weighted by atomic mass is 19.1. The highest BCUT2D eigenvalue weighted by Crippen LogP contribution is 2.43. The maximum atomic E-state index is 13.9. The van der Waals surface area contributed by atoms with Crippen LogP contribution in [0.4, 0.5) is 4.39 Å². The van der Waals surface area contributed by atoms with Crippen molar-refractivity contribution >= 4 is 5.97 Å². The lowest BCUT2D eigenvalue weighted by atomic mass is 9.83. The molecule has 0 saturated carbocycles. The molecule has 0 bridgehead atoms. The first kappa shape index (κ1) is 27.3. The lowest BCUT2D eigenvalue weighted by Crippen LogP contribution is -2.21. The van der Waals surface area contributed by atoms with Crippen molar-refractivity contribution in [2.45, 2.75) is 25.9 Å². The van der Waals surface area contributed by atoms with Crippen LogP contribution in [0, 0.1) is 17.1 Å². The van der Waals surface area contributed by atoms with Crippen LogP contribution in [0.3, 0.4) is 0 Å². The third-order valence-corrected chi connectivity index (χ3v) is 6.68. The van der Waals surface area contributed by atoms with E-state index in [2.05, 4.69) is 13.0 Å². The highest BCUT2D eigenvalue weighted by molar-refractivity contribution is 5.74. The molecule has 7 nitrogen and oxygen atoms in total. The third-order valence-electron chi connectivity index (χ3n) is 6.68. The lowest BCUT2D eigenvalue weighted by molar-refractivity contribution is -0.136. The Labute approximate surface area is 237 Å². The number of carbonyl (C=O) groups is 1. The van der Waals surface area contributed by atoms with E-state index in [1.165, 1.54) is 11.6 Å². The fourth-order valence-corrected chi connectivity index (χ4v) is 4.50. The van der Waals surface area contributed by atoms with E-state index in [-0.39, 0.29) is 36.2 Å². The Morgan fingerprint density at radius 1 is 0.951 bits per heavy atom. The van der Waals surface area contributed by atoms with Crippen LogP contribution in [0.5, 0.6) is 23.0 Å². The second-order valence-corrected chi connectivity index (χ2v) is 9.33. The SMILES string of the molecule is CCc1ccc(OCC(=O)Oc2ccc3c(c2)OC(N)=C(C#N)C3c2ccc(OCc3ccccc3F)cc2)cc1. The van der Waals surface area contributed by atoms with E-state index in [4.69, 9.17) is 24.7 Å². The monoisotopic (exact) mass is 550 g/mol. The molecule has 1 aliphatic rings. The zero-order valence-electron chi connectivity index (χ0n) is 22.3. The van der Waals surface area contributed by atoms with Gasteiger partial charge in [0.2, 0.25) is 5.88 Å². The Kier molecular flexibility index (Phi) is 8.16. The van der Waals surface area contributed by atoms with E-state index in [0.717, 1.165) is 12.0 Å². The third kappa shape index (κ3) is 6.31. The van der Waals surface area contributed by atoms with Gasteiger partial charge in [-0.25, -0.2) is 9.18 Å². The van der Waals surface area contributed by atoms with Crippen molar-refractivity contribution in [2.75, 3.05) is 6.61 Å². The molecule has 206 valence electrons. The number of aryl methyl sites for hydroxylation is 1. The van der Waals surface area contributed by atoms with Gasteiger partial charge in [0.25, 0.3) is 0 Å². The van der Waals surface area contributed by atoms with Gasteiger partial charge in [-0.3, -0.25) is 0 Å². The van der Waals surface area contributed by atoms with Crippen molar-refractivity contribution in [2.24, 2.45) is 5.73 Å². The molecule has 41 heavy (non-hydrogen) atoms. The minimum atomic E-state index is -0.580. The summed E-state index contributed by atoms with van der Waals surface area (Å²) in [6.07, 6.45) is 0.913. The van der Waals surface area contributed by atoms with Gasteiger partial charge in [0, 0.05) is 17.2 Å². The van der Waals surface area contributed by atoms with Gasteiger partial charge in [-0.2, -0.15) is 5.26 Å². The number of rotatable bonds is 9. The number of carbonyl (C=O) groups excluding carboxylic acids is 1. The smallest absolute Gasteiger partial charge is 0.349 e. The summed E-state index contributed by atoms with van der Waals surface area (Å²) in [6.45, 7) is 1.88. The van der Waals surface area contributed by atoms with Crippen molar-refractivity contribution < 1.29 is 28.1 Å². The molecule has 0 aromatic heterocycles. The van der Waals surface area contributed by atoms with Crippen molar-refractivity contribution in [3.63, 3.8) is 0 Å². The predicted molar refractivity (Wildman–Crippen MR) is 150 cm³/mol. The first-order chi connectivity index (χ1) is 19.9. The predicted octanol–water partition coefficient (Wildman–Crippen LogP) is 6.17. The maximum Gasteiger partial charge on any atom is 0.349 e. The van der Waals surface area contributed by atoms with Crippen molar-refractivity contribution in [3.8, 4) is 29.1 Å². The maximum absolute atomic E-state index is 13.9. The average Bonchev–Trinajstić information content (AvgIpc) is 2.99. The summed E-state index contributed by atoms with van der Waals surface area (Å²) in [5, 5.41) is 9.85. The van der Waals surface area contributed by atoms with E-state index in [9.17, 15) is 14.4 Å². The van der Waals surface area contributed by atoms with Crippen LogP contribution in [0.2, 0.25) is 0 Å². The average molecular weight is 551 g/mol. The lowest BCUT2D eigenvalue weighted by Gasteiger charge is -2.26. The summed E-state index contributed by atoms with van der Waals surface area (Å²) >= 11 is 0. The number of halogens is 1. The molecule has 1 aliphatic heterocycles. The quantitative estimate of drug-likeness (QED) is 0.196. The molecule has 0 amide bonds. The Morgan fingerprint density at radius 3 is 2.34 bits per heavy atom. The van der Waals surface area contributed by atoms with Crippen LogP contribution in [0.15, 0.2) is 102 Å². The standard InChI is InChI=1S/C33H27FN2O5/c1-2-21-7-11-24(12-8-21)39-20-31(37)40-26-15-16-27-30(17-26)41-33(36)28(18-35)32(27)22-9-13-25(14-10-22)38-19-23-5-3-4-6-29(23)34/h3-17,32H,2,19-20,36H2,1H3. The first-order valence-corrected chi connectivity index (χ1v) is 13.0. The molecule has 5 rings (SSSR count). The molecule has 0 radical (unpaired) electrons. The Hall–Kier alpha value is -5.29. The Bertz CT molecular complexity index is 1630. The molecule has 1 heterocycles. The number of nitrogens with zero attached hydrogens (tertiary/aromatic N) is 1. The molecule has 0 aliphatic carbocycles. The fourth-order valence-electron chi connectivity index (χ4n) is 4.50. The van der Waals surface area contributed by atoms with E-state index in [0.29, 0.717) is 28.4 Å². The van der Waals surface area contributed by atoms with E-state index < -0.39 is 11.9 Å². The molecular weight excluding hydrogens is 523 g/mol. The molecule has 2 N–H and O–H groups in total. The molecule has 1 atom stereocenters. The zero-order valence-corrected chi connectivity index (χ0v) is 22.3. The minimum Gasteiger partial charge on any atom is -0.489 e. The summed E-state index contributed by atoms with van der Waals surface area (Å²) in [6, 6.07) is 28.1. The van der Waals surface area contributed by atoms with Crippen LogP contribution in [0.25, 0.3) is 0 Å². The van der Waals surface area contributed by atoms with Gasteiger partial charge in [0.1, 0.15) is 47.1 Å². The molecule has 4 aromatic rings. The van der Waals surface area contributed by atoms with Gasteiger partial charge >= 0.3 is 5.97 Å². The van der Waals surface area contributed by atoms with Gasteiger partial charge in [-0.15, -0.1) is 0 Å². The van der Waals surface area contributed by atoms with Crippen molar-refractivity contribution in [1.82, 2.24) is 0 Å². The second-order valence-electron chi connectivity index (χ2n) is 9.33. The molecule has 0 fully saturated rings. The van der Waals surface area contributed by atoms with E-state index in [1.807, 2.05) is 36.4 Å². The summed E-state index contributed by atoms with van der Waals surface area (Å²) in [5.74, 6) is 0.281. The van der Waals surface area contributed by atoms with E-state index in [1.54, 1.807) is 48.5 Å². The van der Waals surface area contributed by atoms with Gasteiger partial charge in [0.15, 0.2) is 6.61 Å². The number of hydrogen-bond acceptors (Lipinski definition) is 7. The molecule has 0 saturated heterocycles. The number of nitriles is 1. The van der Waals surface area contributed by atoms with Crippen LogP contribution in [0.1, 0.15) is 35.1 Å². The topological polar surface area (TPSA) is 104 Å².